The van der Waals surface area contributed by atoms with Gasteiger partial charge in [-0.3, -0.25) is 4.79 Å². The summed E-state index contributed by atoms with van der Waals surface area (Å²) in [6.45, 7) is 4.35. The summed E-state index contributed by atoms with van der Waals surface area (Å²) in [6.07, 6.45) is 4.66. The fraction of sp³-hybridized carbons (Fsp3) is 0.929. The van der Waals surface area contributed by atoms with Gasteiger partial charge in [0.1, 0.15) is 0 Å². The van der Waals surface area contributed by atoms with Gasteiger partial charge >= 0.3 is 0 Å². The normalized spacial score (nSPS) is 44.7. The van der Waals surface area contributed by atoms with Gasteiger partial charge in [-0.15, -0.1) is 0 Å². The summed E-state index contributed by atoms with van der Waals surface area (Å²) >= 11 is 0. The van der Waals surface area contributed by atoms with Crippen molar-refractivity contribution in [2.75, 3.05) is 7.11 Å². The van der Waals surface area contributed by atoms with Crippen molar-refractivity contribution in [2.24, 2.45) is 11.3 Å². The first-order valence-corrected chi connectivity index (χ1v) is 7.11. The van der Waals surface area contributed by atoms with E-state index < -0.39 is 0 Å². The van der Waals surface area contributed by atoms with E-state index in [9.17, 15) is 4.79 Å². The number of methoxy groups -OCH3 is 1. The molecular weight excluding hydrogens is 228 g/mol. The third-order valence-electron chi connectivity index (χ3n) is 5.42. The van der Waals surface area contributed by atoms with Crippen LogP contribution < -0.4 is 10.6 Å². The summed E-state index contributed by atoms with van der Waals surface area (Å²) in [5.74, 6) is 0.448. The number of carbonyl (C=O) groups is 1. The number of rotatable bonds is 3. The Morgan fingerprint density at radius 1 is 1.33 bits per heavy atom. The SMILES string of the molecule is COC1CC(NC(=O)C2CC3CCC2N3)C1(C)C. The molecule has 2 aliphatic heterocycles. The standard InChI is InChI=1S/C14H24N2O2/c1-14(2)11(7-12(14)18-3)16-13(17)9-6-8-4-5-10(9)15-8/h8-12,15H,4-7H2,1-3H3,(H,16,17). The van der Waals surface area contributed by atoms with E-state index in [0.717, 1.165) is 19.3 Å². The van der Waals surface area contributed by atoms with E-state index in [2.05, 4.69) is 24.5 Å². The number of amides is 1. The quantitative estimate of drug-likeness (QED) is 0.789. The summed E-state index contributed by atoms with van der Waals surface area (Å²) in [4.78, 5) is 12.3. The minimum Gasteiger partial charge on any atom is -0.381 e. The largest absolute Gasteiger partial charge is 0.381 e. The number of carbonyl (C=O) groups excluding carboxylic acids is 1. The van der Waals surface area contributed by atoms with Crippen LogP contribution in [0.4, 0.5) is 0 Å². The van der Waals surface area contributed by atoms with E-state index >= 15 is 0 Å². The van der Waals surface area contributed by atoms with Crippen LogP contribution >= 0.6 is 0 Å². The molecule has 3 rings (SSSR count). The van der Waals surface area contributed by atoms with Gasteiger partial charge in [0.2, 0.25) is 5.91 Å². The zero-order chi connectivity index (χ0) is 12.9. The second-order valence-corrected chi connectivity index (χ2v) is 6.73. The Hall–Kier alpha value is -0.610. The Labute approximate surface area is 109 Å². The van der Waals surface area contributed by atoms with Crippen molar-refractivity contribution in [3.8, 4) is 0 Å². The molecule has 2 bridgehead atoms. The summed E-state index contributed by atoms with van der Waals surface area (Å²) in [7, 11) is 1.75. The van der Waals surface area contributed by atoms with Gasteiger partial charge in [0.25, 0.3) is 0 Å². The number of hydrogen-bond acceptors (Lipinski definition) is 3. The van der Waals surface area contributed by atoms with E-state index in [-0.39, 0.29) is 29.4 Å². The first-order chi connectivity index (χ1) is 8.52. The van der Waals surface area contributed by atoms with Crippen molar-refractivity contribution in [3.05, 3.63) is 0 Å². The molecule has 2 saturated heterocycles. The molecule has 0 aromatic heterocycles. The van der Waals surface area contributed by atoms with Crippen LogP contribution in [-0.4, -0.2) is 37.2 Å². The van der Waals surface area contributed by atoms with Gasteiger partial charge in [0.15, 0.2) is 0 Å². The molecule has 1 saturated carbocycles. The molecule has 4 heteroatoms. The van der Waals surface area contributed by atoms with Crippen LogP contribution in [0.3, 0.4) is 0 Å². The lowest BCUT2D eigenvalue weighted by Gasteiger charge is -2.51. The van der Waals surface area contributed by atoms with Crippen LogP contribution in [0, 0.1) is 11.3 Å². The Kier molecular flexibility index (Phi) is 2.90. The molecule has 2 N–H and O–H groups in total. The highest BCUT2D eigenvalue weighted by Gasteiger charge is 2.51. The Morgan fingerprint density at radius 3 is 2.61 bits per heavy atom. The Balaban J connectivity index is 1.56. The first kappa shape index (κ1) is 12.4. The molecule has 3 fully saturated rings. The maximum atomic E-state index is 12.3. The van der Waals surface area contributed by atoms with Gasteiger partial charge in [-0.2, -0.15) is 0 Å². The van der Waals surface area contributed by atoms with Crippen LogP contribution in [0.15, 0.2) is 0 Å². The molecule has 0 aromatic rings. The molecule has 5 atom stereocenters. The van der Waals surface area contributed by atoms with Crippen molar-refractivity contribution in [2.45, 2.75) is 63.8 Å². The summed E-state index contributed by atoms with van der Waals surface area (Å²) in [5.41, 5.74) is 0.0649. The third kappa shape index (κ3) is 1.77. The topological polar surface area (TPSA) is 50.4 Å². The lowest BCUT2D eigenvalue weighted by atomic mass is 9.64. The van der Waals surface area contributed by atoms with Gasteiger partial charge in [0, 0.05) is 30.7 Å². The van der Waals surface area contributed by atoms with Crippen molar-refractivity contribution in [1.82, 2.24) is 10.6 Å². The molecule has 4 nitrogen and oxygen atoms in total. The van der Waals surface area contributed by atoms with E-state index in [1.165, 1.54) is 6.42 Å². The molecular formula is C14H24N2O2. The second-order valence-electron chi connectivity index (χ2n) is 6.73. The smallest absolute Gasteiger partial charge is 0.224 e. The highest BCUT2D eigenvalue weighted by Crippen LogP contribution is 2.43. The monoisotopic (exact) mass is 252 g/mol. The van der Waals surface area contributed by atoms with E-state index in [1.54, 1.807) is 7.11 Å². The second kappa shape index (κ2) is 4.20. The first-order valence-electron chi connectivity index (χ1n) is 7.11. The number of fused-ring (bicyclic) bond motifs is 2. The average molecular weight is 252 g/mol. The zero-order valence-corrected chi connectivity index (χ0v) is 11.5. The molecule has 3 aliphatic rings. The predicted octanol–water partition coefficient (Wildman–Crippen LogP) is 1.06. The van der Waals surface area contributed by atoms with Gasteiger partial charge < -0.3 is 15.4 Å². The van der Waals surface area contributed by atoms with E-state index in [4.69, 9.17) is 4.74 Å². The fourth-order valence-electron chi connectivity index (χ4n) is 3.92. The van der Waals surface area contributed by atoms with Crippen LogP contribution in [0.25, 0.3) is 0 Å². The summed E-state index contributed by atoms with van der Waals surface area (Å²) < 4.78 is 5.42. The maximum Gasteiger partial charge on any atom is 0.224 e. The van der Waals surface area contributed by atoms with Crippen molar-refractivity contribution < 1.29 is 9.53 Å². The lowest BCUT2D eigenvalue weighted by molar-refractivity contribution is -0.136. The minimum absolute atomic E-state index is 0.0649. The highest BCUT2D eigenvalue weighted by molar-refractivity contribution is 5.80. The fourth-order valence-corrected chi connectivity index (χ4v) is 3.92. The molecule has 1 aliphatic carbocycles. The van der Waals surface area contributed by atoms with Crippen LogP contribution in [0.2, 0.25) is 0 Å². The van der Waals surface area contributed by atoms with E-state index in [0.29, 0.717) is 12.1 Å². The molecule has 1 amide bonds. The zero-order valence-electron chi connectivity index (χ0n) is 11.5. The van der Waals surface area contributed by atoms with Crippen LogP contribution in [-0.2, 0) is 9.53 Å². The third-order valence-corrected chi connectivity index (χ3v) is 5.42. The van der Waals surface area contributed by atoms with E-state index in [1.807, 2.05) is 0 Å². The molecule has 0 aromatic carbocycles. The molecule has 5 unspecified atom stereocenters. The number of nitrogens with one attached hydrogen (secondary N) is 2. The maximum absolute atomic E-state index is 12.3. The summed E-state index contributed by atoms with van der Waals surface area (Å²) in [5, 5.41) is 6.76. The molecule has 0 radical (unpaired) electrons. The molecule has 0 spiro atoms. The molecule has 18 heavy (non-hydrogen) atoms. The highest BCUT2D eigenvalue weighted by atomic mass is 16.5. The minimum atomic E-state index is 0.0649. The average Bonchev–Trinajstić information content (AvgIpc) is 2.95. The van der Waals surface area contributed by atoms with Gasteiger partial charge in [0.05, 0.1) is 12.0 Å². The number of hydrogen-bond donors (Lipinski definition) is 2. The Morgan fingerprint density at radius 2 is 2.11 bits per heavy atom. The van der Waals surface area contributed by atoms with Crippen molar-refractivity contribution in [3.63, 3.8) is 0 Å². The van der Waals surface area contributed by atoms with Gasteiger partial charge in [-0.05, 0) is 25.7 Å². The van der Waals surface area contributed by atoms with Crippen LogP contribution in [0.1, 0.15) is 39.5 Å². The lowest BCUT2D eigenvalue weighted by Crippen LogP contribution is -2.62. The van der Waals surface area contributed by atoms with Crippen LogP contribution in [0.5, 0.6) is 0 Å². The molecule has 2 heterocycles. The molecule has 102 valence electrons. The van der Waals surface area contributed by atoms with Crippen molar-refractivity contribution >= 4 is 5.91 Å². The van der Waals surface area contributed by atoms with Crippen molar-refractivity contribution in [1.29, 1.82) is 0 Å². The number of ether oxygens (including phenoxy) is 1. The van der Waals surface area contributed by atoms with Gasteiger partial charge in [-0.25, -0.2) is 0 Å². The predicted molar refractivity (Wildman–Crippen MR) is 69.2 cm³/mol. The Bertz CT molecular complexity index is 356. The summed E-state index contributed by atoms with van der Waals surface area (Å²) in [6, 6.07) is 1.29. The van der Waals surface area contributed by atoms with Gasteiger partial charge in [-0.1, -0.05) is 13.8 Å².